The predicted molar refractivity (Wildman–Crippen MR) is 82.7 cm³/mol. The van der Waals surface area contributed by atoms with Crippen LogP contribution in [0.15, 0.2) is 16.6 Å². The lowest BCUT2D eigenvalue weighted by atomic mass is 9.96. The summed E-state index contributed by atoms with van der Waals surface area (Å²) in [6.45, 7) is 4.56. The standard InChI is InChI=1S/C16H19BrN2/c1-10-15(17)13-9-12(14-5-2-6-18-14)8-11-4-3-7-19(10)16(11)13/h8-9,14,18H,2-7H2,1H3. The van der Waals surface area contributed by atoms with Crippen LogP contribution >= 0.6 is 15.9 Å². The number of halogens is 1. The van der Waals surface area contributed by atoms with Gasteiger partial charge in [-0.05, 0) is 72.3 Å². The Morgan fingerprint density at radius 1 is 1.32 bits per heavy atom. The fraction of sp³-hybridized carbons (Fsp3) is 0.500. The third-order valence-corrected chi connectivity index (χ3v) is 5.73. The minimum absolute atomic E-state index is 0.568. The molecule has 3 heteroatoms. The Kier molecular flexibility index (Phi) is 2.75. The van der Waals surface area contributed by atoms with Crippen molar-refractivity contribution in [3.63, 3.8) is 0 Å². The quantitative estimate of drug-likeness (QED) is 0.838. The van der Waals surface area contributed by atoms with Gasteiger partial charge in [-0.1, -0.05) is 6.07 Å². The molecule has 1 aromatic carbocycles. The number of rotatable bonds is 1. The van der Waals surface area contributed by atoms with E-state index in [2.05, 4.69) is 44.9 Å². The molecule has 4 rings (SSSR count). The van der Waals surface area contributed by atoms with Gasteiger partial charge in [0.05, 0.1) is 5.52 Å². The first kappa shape index (κ1) is 12.0. The van der Waals surface area contributed by atoms with Gasteiger partial charge in [0.15, 0.2) is 0 Å². The molecule has 2 aliphatic heterocycles. The van der Waals surface area contributed by atoms with Crippen molar-refractivity contribution in [2.24, 2.45) is 0 Å². The van der Waals surface area contributed by atoms with Gasteiger partial charge in [0.1, 0.15) is 0 Å². The topological polar surface area (TPSA) is 17.0 Å². The molecule has 0 radical (unpaired) electrons. The van der Waals surface area contributed by atoms with E-state index in [0.29, 0.717) is 6.04 Å². The van der Waals surface area contributed by atoms with Crippen molar-refractivity contribution in [1.29, 1.82) is 0 Å². The van der Waals surface area contributed by atoms with Gasteiger partial charge in [-0.2, -0.15) is 0 Å². The molecule has 1 N–H and O–H groups in total. The highest BCUT2D eigenvalue weighted by atomic mass is 79.9. The summed E-state index contributed by atoms with van der Waals surface area (Å²) in [6, 6.07) is 5.42. The average molecular weight is 319 g/mol. The highest BCUT2D eigenvalue weighted by Crippen LogP contribution is 2.38. The van der Waals surface area contributed by atoms with Crippen LogP contribution in [-0.2, 0) is 13.0 Å². The maximum atomic E-state index is 3.81. The lowest BCUT2D eigenvalue weighted by Gasteiger charge is -2.19. The van der Waals surface area contributed by atoms with E-state index in [1.165, 1.54) is 65.4 Å². The molecule has 19 heavy (non-hydrogen) atoms. The summed E-state index contributed by atoms with van der Waals surface area (Å²) in [5, 5.41) is 5.04. The van der Waals surface area contributed by atoms with Crippen LogP contribution in [0.4, 0.5) is 0 Å². The van der Waals surface area contributed by atoms with E-state index < -0.39 is 0 Å². The minimum atomic E-state index is 0.568. The van der Waals surface area contributed by atoms with E-state index in [0.717, 1.165) is 0 Å². The molecule has 2 nitrogen and oxygen atoms in total. The van der Waals surface area contributed by atoms with Crippen LogP contribution in [0.1, 0.15) is 42.1 Å². The molecule has 0 saturated carbocycles. The zero-order valence-electron chi connectivity index (χ0n) is 11.3. The van der Waals surface area contributed by atoms with Crippen LogP contribution in [0, 0.1) is 6.92 Å². The van der Waals surface area contributed by atoms with Gasteiger partial charge < -0.3 is 9.88 Å². The molecule has 0 bridgehead atoms. The molecule has 1 fully saturated rings. The van der Waals surface area contributed by atoms with Gasteiger partial charge in [-0.25, -0.2) is 0 Å². The molecule has 1 saturated heterocycles. The Hall–Kier alpha value is -0.800. The number of nitrogens with zero attached hydrogens (tertiary/aromatic N) is 1. The Morgan fingerprint density at radius 2 is 2.21 bits per heavy atom. The fourth-order valence-electron chi connectivity index (χ4n) is 3.75. The van der Waals surface area contributed by atoms with Gasteiger partial charge in [0.25, 0.3) is 0 Å². The second kappa shape index (κ2) is 4.35. The maximum absolute atomic E-state index is 3.81. The summed E-state index contributed by atoms with van der Waals surface area (Å²) in [4.78, 5) is 0. The molecule has 0 spiro atoms. The Balaban J connectivity index is 1.97. The van der Waals surface area contributed by atoms with Crippen LogP contribution in [0.3, 0.4) is 0 Å². The number of aromatic nitrogens is 1. The van der Waals surface area contributed by atoms with Gasteiger partial charge in [0, 0.05) is 28.1 Å². The molecule has 100 valence electrons. The molecule has 2 aromatic rings. The molecule has 0 aliphatic carbocycles. The molecule has 1 aromatic heterocycles. The fourth-order valence-corrected chi connectivity index (χ4v) is 4.27. The van der Waals surface area contributed by atoms with Crippen LogP contribution in [0.5, 0.6) is 0 Å². The summed E-state index contributed by atoms with van der Waals surface area (Å²) < 4.78 is 3.79. The minimum Gasteiger partial charge on any atom is -0.343 e. The average Bonchev–Trinajstić information content (AvgIpc) is 3.04. The number of nitrogens with one attached hydrogen (secondary N) is 1. The number of hydrogen-bond donors (Lipinski definition) is 1. The normalized spacial score (nSPS) is 22.3. The lowest BCUT2D eigenvalue weighted by molar-refractivity contribution is 0.617. The van der Waals surface area contributed by atoms with E-state index in [-0.39, 0.29) is 0 Å². The van der Waals surface area contributed by atoms with Crippen molar-refractivity contribution in [1.82, 2.24) is 9.88 Å². The van der Waals surface area contributed by atoms with Crippen molar-refractivity contribution >= 4 is 26.8 Å². The van der Waals surface area contributed by atoms with Crippen molar-refractivity contribution in [2.75, 3.05) is 6.54 Å². The zero-order chi connectivity index (χ0) is 13.0. The van der Waals surface area contributed by atoms with Crippen LogP contribution < -0.4 is 5.32 Å². The largest absolute Gasteiger partial charge is 0.343 e. The van der Waals surface area contributed by atoms with Crippen LogP contribution in [-0.4, -0.2) is 11.1 Å². The highest BCUT2D eigenvalue weighted by Gasteiger charge is 2.23. The summed E-state index contributed by atoms with van der Waals surface area (Å²) in [7, 11) is 0. The van der Waals surface area contributed by atoms with E-state index in [9.17, 15) is 0 Å². The third-order valence-electron chi connectivity index (χ3n) is 4.73. The van der Waals surface area contributed by atoms with Crippen molar-refractivity contribution in [3.05, 3.63) is 33.4 Å². The first-order chi connectivity index (χ1) is 9.25. The predicted octanol–water partition coefficient (Wildman–Crippen LogP) is 4.08. The van der Waals surface area contributed by atoms with E-state index in [1.54, 1.807) is 5.56 Å². The second-order valence-corrected chi connectivity index (χ2v) is 6.67. The van der Waals surface area contributed by atoms with Gasteiger partial charge >= 0.3 is 0 Å². The van der Waals surface area contributed by atoms with Gasteiger partial charge in [-0.3, -0.25) is 0 Å². The molecular formula is C16H19BrN2. The van der Waals surface area contributed by atoms with E-state index >= 15 is 0 Å². The lowest BCUT2D eigenvalue weighted by Crippen LogP contribution is -2.14. The Morgan fingerprint density at radius 3 is 3.00 bits per heavy atom. The molecule has 2 aliphatic rings. The smallest absolute Gasteiger partial charge is 0.0526 e. The summed E-state index contributed by atoms with van der Waals surface area (Å²) in [6.07, 6.45) is 5.08. The number of benzene rings is 1. The van der Waals surface area contributed by atoms with Crippen LogP contribution in [0.2, 0.25) is 0 Å². The zero-order valence-corrected chi connectivity index (χ0v) is 12.9. The third kappa shape index (κ3) is 1.71. The Labute approximate surface area is 122 Å². The first-order valence-electron chi connectivity index (χ1n) is 7.30. The summed E-state index contributed by atoms with van der Waals surface area (Å²) in [5.74, 6) is 0. The van der Waals surface area contributed by atoms with Gasteiger partial charge in [-0.15, -0.1) is 0 Å². The first-order valence-corrected chi connectivity index (χ1v) is 8.09. The van der Waals surface area contributed by atoms with E-state index in [1.807, 2.05) is 0 Å². The SMILES string of the molecule is Cc1c(Br)c2cc(C3CCCN3)cc3c2n1CCC3. The van der Waals surface area contributed by atoms with Crippen molar-refractivity contribution < 1.29 is 0 Å². The summed E-state index contributed by atoms with van der Waals surface area (Å²) in [5.41, 5.74) is 5.88. The second-order valence-electron chi connectivity index (χ2n) is 5.88. The molecule has 1 unspecified atom stereocenters. The molecular weight excluding hydrogens is 300 g/mol. The molecule has 3 heterocycles. The molecule has 0 amide bonds. The van der Waals surface area contributed by atoms with Crippen LogP contribution in [0.25, 0.3) is 10.9 Å². The van der Waals surface area contributed by atoms with Gasteiger partial charge in [0.2, 0.25) is 0 Å². The van der Waals surface area contributed by atoms with Crippen molar-refractivity contribution in [2.45, 2.75) is 45.2 Å². The maximum Gasteiger partial charge on any atom is 0.0526 e. The van der Waals surface area contributed by atoms with Crippen molar-refractivity contribution in [3.8, 4) is 0 Å². The molecule has 1 atom stereocenters. The number of aryl methyl sites for hydroxylation is 2. The monoisotopic (exact) mass is 318 g/mol. The Bertz CT molecular complexity index is 651. The number of hydrogen-bond acceptors (Lipinski definition) is 1. The van der Waals surface area contributed by atoms with E-state index in [4.69, 9.17) is 0 Å². The highest BCUT2D eigenvalue weighted by molar-refractivity contribution is 9.10. The summed E-state index contributed by atoms with van der Waals surface area (Å²) >= 11 is 3.81.